The van der Waals surface area contributed by atoms with Crippen LogP contribution in [0.15, 0.2) is 23.0 Å². The van der Waals surface area contributed by atoms with E-state index in [4.69, 9.17) is 0 Å². The van der Waals surface area contributed by atoms with Gasteiger partial charge in [0.25, 0.3) is 5.56 Å². The Bertz CT molecular complexity index is 665. The quantitative estimate of drug-likeness (QED) is 0.894. The maximum Gasteiger partial charge on any atom is 0.254 e. The predicted octanol–water partition coefficient (Wildman–Crippen LogP) is 2.47. The molecule has 1 aromatic carbocycles. The number of H-pyrrole nitrogens is 1. The first-order chi connectivity index (χ1) is 9.11. The summed E-state index contributed by atoms with van der Waals surface area (Å²) in [5.74, 6) is 0.788. The van der Waals surface area contributed by atoms with Crippen molar-refractivity contribution in [3.8, 4) is 0 Å². The van der Waals surface area contributed by atoms with Crippen LogP contribution in [0.3, 0.4) is 0 Å². The number of fused-ring (bicyclic) bond motifs is 1. The van der Waals surface area contributed by atoms with Crippen LogP contribution in [0.25, 0.3) is 0 Å². The van der Waals surface area contributed by atoms with Crippen LogP contribution >= 0.6 is 0 Å². The average molecular weight is 254 g/mol. The van der Waals surface area contributed by atoms with Gasteiger partial charge in [-0.25, -0.2) is 4.98 Å². The number of benzene rings is 1. The van der Waals surface area contributed by atoms with E-state index >= 15 is 0 Å². The molecule has 1 N–H and O–H groups in total. The van der Waals surface area contributed by atoms with Gasteiger partial charge in [-0.2, -0.15) is 0 Å². The van der Waals surface area contributed by atoms with Crippen molar-refractivity contribution < 1.29 is 0 Å². The van der Waals surface area contributed by atoms with E-state index in [0.717, 1.165) is 36.3 Å². The molecule has 0 spiro atoms. The molecule has 0 saturated carbocycles. The average Bonchev–Trinajstić information content (AvgIpc) is 2.75. The molecule has 0 fully saturated rings. The fourth-order valence-electron chi connectivity index (χ4n) is 2.94. The molecule has 1 heterocycles. The fraction of sp³-hybridized carbons (Fsp3) is 0.375. The van der Waals surface area contributed by atoms with E-state index < -0.39 is 0 Å². The van der Waals surface area contributed by atoms with Crippen LogP contribution in [0, 0.1) is 13.8 Å². The van der Waals surface area contributed by atoms with Crippen LogP contribution in [0.1, 0.15) is 40.2 Å². The zero-order valence-electron chi connectivity index (χ0n) is 11.4. The number of nitrogens with zero attached hydrogens (tertiary/aromatic N) is 1. The zero-order chi connectivity index (χ0) is 13.4. The Kier molecular flexibility index (Phi) is 2.97. The molecule has 1 aliphatic rings. The molecule has 0 bridgehead atoms. The topological polar surface area (TPSA) is 45.8 Å². The minimum atomic E-state index is 0.0573. The van der Waals surface area contributed by atoms with Crippen LogP contribution in [-0.4, -0.2) is 9.97 Å². The first-order valence-electron chi connectivity index (χ1n) is 6.80. The maximum absolute atomic E-state index is 12.0. The minimum Gasteiger partial charge on any atom is -0.310 e. The Morgan fingerprint density at radius 1 is 1.16 bits per heavy atom. The number of nitrogens with one attached hydrogen (secondary N) is 1. The Labute approximate surface area is 112 Å². The molecule has 98 valence electrons. The van der Waals surface area contributed by atoms with Crippen LogP contribution in [-0.2, 0) is 19.3 Å². The fourth-order valence-corrected chi connectivity index (χ4v) is 2.94. The smallest absolute Gasteiger partial charge is 0.254 e. The van der Waals surface area contributed by atoms with Gasteiger partial charge in [-0.05, 0) is 38.7 Å². The molecule has 19 heavy (non-hydrogen) atoms. The molecule has 0 amide bonds. The molecule has 0 unspecified atom stereocenters. The van der Waals surface area contributed by atoms with E-state index in [9.17, 15) is 4.79 Å². The van der Waals surface area contributed by atoms with Crippen molar-refractivity contribution in [1.82, 2.24) is 9.97 Å². The van der Waals surface area contributed by atoms with Gasteiger partial charge in [-0.3, -0.25) is 4.79 Å². The van der Waals surface area contributed by atoms with E-state index in [0.29, 0.717) is 6.42 Å². The Morgan fingerprint density at radius 3 is 2.63 bits per heavy atom. The van der Waals surface area contributed by atoms with E-state index in [1.165, 1.54) is 16.7 Å². The second kappa shape index (κ2) is 4.65. The number of aryl methyl sites for hydroxylation is 3. The highest BCUT2D eigenvalue weighted by molar-refractivity contribution is 5.31. The second-order valence-electron chi connectivity index (χ2n) is 5.46. The normalized spacial score (nSPS) is 13.6. The molecule has 0 saturated heterocycles. The first-order valence-corrected chi connectivity index (χ1v) is 6.80. The lowest BCUT2D eigenvalue weighted by Crippen LogP contribution is -2.17. The van der Waals surface area contributed by atoms with Gasteiger partial charge in [-0.15, -0.1) is 0 Å². The molecule has 3 heteroatoms. The SMILES string of the molecule is Cc1cc(C)cc(Cc2nc3c(c(=O)[nH]2)CCC3)c1. The standard InChI is InChI=1S/C16H18N2O/c1-10-6-11(2)8-12(7-10)9-15-17-14-5-3-4-13(14)16(19)18-15/h6-8H,3-5,9H2,1-2H3,(H,17,18,19). The lowest BCUT2D eigenvalue weighted by atomic mass is 10.0. The third-order valence-electron chi connectivity index (χ3n) is 3.64. The molecular formula is C16H18N2O. The van der Waals surface area contributed by atoms with E-state index in [2.05, 4.69) is 42.0 Å². The van der Waals surface area contributed by atoms with Crippen molar-refractivity contribution in [2.45, 2.75) is 39.5 Å². The van der Waals surface area contributed by atoms with Crippen molar-refractivity contribution in [1.29, 1.82) is 0 Å². The van der Waals surface area contributed by atoms with Gasteiger partial charge in [0, 0.05) is 12.0 Å². The highest BCUT2D eigenvalue weighted by Crippen LogP contribution is 2.17. The summed E-state index contributed by atoms with van der Waals surface area (Å²) in [4.78, 5) is 19.5. The van der Waals surface area contributed by atoms with Gasteiger partial charge in [0.2, 0.25) is 0 Å². The van der Waals surface area contributed by atoms with Crippen molar-refractivity contribution in [3.63, 3.8) is 0 Å². The van der Waals surface area contributed by atoms with Gasteiger partial charge in [-0.1, -0.05) is 29.3 Å². The first kappa shape index (κ1) is 12.2. The molecule has 0 atom stereocenters. The third-order valence-corrected chi connectivity index (χ3v) is 3.64. The molecular weight excluding hydrogens is 236 g/mol. The highest BCUT2D eigenvalue weighted by atomic mass is 16.1. The molecule has 3 nitrogen and oxygen atoms in total. The van der Waals surface area contributed by atoms with Gasteiger partial charge in [0.15, 0.2) is 0 Å². The van der Waals surface area contributed by atoms with E-state index in [1.54, 1.807) is 0 Å². The van der Waals surface area contributed by atoms with Gasteiger partial charge in [0.05, 0.1) is 5.69 Å². The van der Waals surface area contributed by atoms with E-state index in [1.807, 2.05) is 0 Å². The van der Waals surface area contributed by atoms with Crippen molar-refractivity contribution in [2.24, 2.45) is 0 Å². The second-order valence-corrected chi connectivity index (χ2v) is 5.46. The number of aromatic amines is 1. The van der Waals surface area contributed by atoms with Crippen LogP contribution in [0.2, 0.25) is 0 Å². The number of hydrogen-bond acceptors (Lipinski definition) is 2. The summed E-state index contributed by atoms with van der Waals surface area (Å²) in [5.41, 5.74) is 5.66. The van der Waals surface area contributed by atoms with Crippen molar-refractivity contribution >= 4 is 0 Å². The summed E-state index contributed by atoms with van der Waals surface area (Å²) < 4.78 is 0. The molecule has 1 aliphatic carbocycles. The Balaban J connectivity index is 1.95. The van der Waals surface area contributed by atoms with Gasteiger partial charge >= 0.3 is 0 Å². The van der Waals surface area contributed by atoms with Gasteiger partial charge < -0.3 is 4.98 Å². The molecule has 3 rings (SSSR count). The summed E-state index contributed by atoms with van der Waals surface area (Å²) >= 11 is 0. The Hall–Kier alpha value is -1.90. The van der Waals surface area contributed by atoms with Crippen LogP contribution in [0.5, 0.6) is 0 Å². The number of rotatable bonds is 2. The molecule has 1 aromatic heterocycles. The van der Waals surface area contributed by atoms with Crippen molar-refractivity contribution in [2.75, 3.05) is 0 Å². The summed E-state index contributed by atoms with van der Waals surface area (Å²) in [6, 6.07) is 6.46. The minimum absolute atomic E-state index is 0.0573. The molecule has 0 radical (unpaired) electrons. The lowest BCUT2D eigenvalue weighted by molar-refractivity contribution is 0.882. The number of aromatic nitrogens is 2. The van der Waals surface area contributed by atoms with Crippen LogP contribution < -0.4 is 5.56 Å². The molecule has 2 aromatic rings. The Morgan fingerprint density at radius 2 is 1.89 bits per heavy atom. The van der Waals surface area contributed by atoms with Gasteiger partial charge in [0.1, 0.15) is 5.82 Å². The zero-order valence-corrected chi connectivity index (χ0v) is 11.4. The largest absolute Gasteiger partial charge is 0.310 e. The lowest BCUT2D eigenvalue weighted by Gasteiger charge is -2.06. The third kappa shape index (κ3) is 2.46. The summed E-state index contributed by atoms with van der Waals surface area (Å²) in [7, 11) is 0. The summed E-state index contributed by atoms with van der Waals surface area (Å²) in [5, 5.41) is 0. The van der Waals surface area contributed by atoms with E-state index in [-0.39, 0.29) is 5.56 Å². The number of hydrogen-bond donors (Lipinski definition) is 1. The summed E-state index contributed by atoms with van der Waals surface area (Å²) in [6.45, 7) is 4.19. The predicted molar refractivity (Wildman–Crippen MR) is 75.6 cm³/mol. The maximum atomic E-state index is 12.0. The highest BCUT2D eigenvalue weighted by Gasteiger charge is 2.17. The summed E-state index contributed by atoms with van der Waals surface area (Å²) in [6.07, 6.45) is 3.57. The van der Waals surface area contributed by atoms with Crippen LogP contribution in [0.4, 0.5) is 0 Å². The monoisotopic (exact) mass is 254 g/mol. The van der Waals surface area contributed by atoms with Crippen molar-refractivity contribution in [3.05, 3.63) is 62.3 Å². The molecule has 0 aliphatic heterocycles.